The molecule has 0 radical (unpaired) electrons. The minimum absolute atomic E-state index is 0.0893. The number of para-hydroxylation sites is 1. The predicted molar refractivity (Wildman–Crippen MR) is 92.3 cm³/mol. The lowest BCUT2D eigenvalue weighted by Gasteiger charge is -2.51. The van der Waals surface area contributed by atoms with Gasteiger partial charge in [0.05, 0.1) is 12.1 Å². The van der Waals surface area contributed by atoms with E-state index in [0.717, 1.165) is 12.3 Å². The zero-order chi connectivity index (χ0) is 15.6. The average molecular weight is 310 g/mol. The highest BCUT2D eigenvalue weighted by atomic mass is 16.3. The van der Waals surface area contributed by atoms with E-state index >= 15 is 0 Å². The maximum Gasteiger partial charge on any atom is 0.0568 e. The molecule has 3 heterocycles. The minimum Gasteiger partial charge on any atom is -0.393 e. The Morgan fingerprint density at radius 3 is 3.00 bits per heavy atom. The van der Waals surface area contributed by atoms with Gasteiger partial charge < -0.3 is 10.1 Å². The van der Waals surface area contributed by atoms with Crippen LogP contribution in [0.1, 0.15) is 43.5 Å². The van der Waals surface area contributed by atoms with E-state index in [1.807, 2.05) is 0 Å². The number of nitrogens with one attached hydrogen (secondary N) is 1. The molecule has 1 aromatic heterocycles. The highest BCUT2D eigenvalue weighted by molar-refractivity contribution is 5.85. The van der Waals surface area contributed by atoms with E-state index in [1.165, 1.54) is 48.9 Å². The predicted octanol–water partition coefficient (Wildman–Crippen LogP) is 3.49. The lowest BCUT2D eigenvalue weighted by atomic mass is 9.65. The topological polar surface area (TPSA) is 39.3 Å². The van der Waals surface area contributed by atoms with Crippen molar-refractivity contribution < 1.29 is 5.11 Å². The van der Waals surface area contributed by atoms with Crippen molar-refractivity contribution in [2.75, 3.05) is 13.1 Å². The van der Waals surface area contributed by atoms with Crippen LogP contribution < -0.4 is 0 Å². The summed E-state index contributed by atoms with van der Waals surface area (Å²) in [6.45, 7) is 4.69. The van der Waals surface area contributed by atoms with Crippen LogP contribution in [0.4, 0.5) is 0 Å². The average Bonchev–Trinajstić information content (AvgIpc) is 2.96. The Labute approximate surface area is 137 Å². The summed E-state index contributed by atoms with van der Waals surface area (Å²) in [5, 5.41) is 11.7. The van der Waals surface area contributed by atoms with Gasteiger partial charge in [-0.1, -0.05) is 25.1 Å². The van der Waals surface area contributed by atoms with E-state index in [0.29, 0.717) is 17.9 Å². The Hall–Kier alpha value is -1.32. The van der Waals surface area contributed by atoms with Crippen molar-refractivity contribution in [1.82, 2.24) is 9.88 Å². The van der Waals surface area contributed by atoms with Gasteiger partial charge in [-0.3, -0.25) is 4.90 Å². The molecule has 2 N–H and O–H groups in total. The number of aliphatic hydroxyl groups excluding tert-OH is 1. The van der Waals surface area contributed by atoms with E-state index in [9.17, 15) is 5.11 Å². The second-order valence-corrected chi connectivity index (χ2v) is 7.99. The number of hydrogen-bond acceptors (Lipinski definition) is 2. The fourth-order valence-corrected chi connectivity index (χ4v) is 5.62. The number of aromatic nitrogens is 1. The second kappa shape index (κ2) is 5.09. The number of nitrogens with zero attached hydrogens (tertiary/aromatic N) is 1. The molecule has 0 amide bonds. The van der Waals surface area contributed by atoms with Gasteiger partial charge in [0.25, 0.3) is 0 Å². The fourth-order valence-electron chi connectivity index (χ4n) is 5.62. The molecule has 3 nitrogen and oxygen atoms in total. The van der Waals surface area contributed by atoms with Crippen LogP contribution in [-0.2, 0) is 6.42 Å². The van der Waals surface area contributed by atoms with Gasteiger partial charge in [-0.2, -0.15) is 0 Å². The molecule has 2 aliphatic heterocycles. The highest BCUT2D eigenvalue weighted by Gasteiger charge is 2.45. The van der Waals surface area contributed by atoms with E-state index in [4.69, 9.17) is 0 Å². The van der Waals surface area contributed by atoms with Gasteiger partial charge in [0.15, 0.2) is 0 Å². The van der Waals surface area contributed by atoms with Crippen LogP contribution >= 0.6 is 0 Å². The lowest BCUT2D eigenvalue weighted by Crippen LogP contribution is -2.50. The Bertz CT molecular complexity index is 736. The molecule has 122 valence electrons. The number of rotatable bonds is 0. The van der Waals surface area contributed by atoms with Crippen molar-refractivity contribution in [3.63, 3.8) is 0 Å². The quantitative estimate of drug-likeness (QED) is 0.782. The standard InChI is InChI=1S/C20H26N2O/c1-12-16-10-18-20-15(14-4-2-3-5-17(14)21-20)8-9-22(18)11-13(16)6-7-19(12)23/h2-5,12-13,16,18-19,21,23H,6-11H2,1H3/t12-,13?,16-,18+,19+/m1/s1. The first-order valence-electron chi connectivity index (χ1n) is 9.24. The Morgan fingerprint density at radius 1 is 1.22 bits per heavy atom. The molecular weight excluding hydrogens is 284 g/mol. The summed E-state index contributed by atoms with van der Waals surface area (Å²) >= 11 is 0. The highest BCUT2D eigenvalue weighted by Crippen LogP contribution is 2.48. The monoisotopic (exact) mass is 310 g/mol. The van der Waals surface area contributed by atoms with Crippen molar-refractivity contribution in [1.29, 1.82) is 0 Å². The summed E-state index contributed by atoms with van der Waals surface area (Å²) in [4.78, 5) is 6.44. The first-order valence-corrected chi connectivity index (χ1v) is 9.24. The van der Waals surface area contributed by atoms with E-state index < -0.39 is 0 Å². The van der Waals surface area contributed by atoms with Crippen LogP contribution in [-0.4, -0.2) is 34.2 Å². The molecule has 1 aromatic carbocycles. The van der Waals surface area contributed by atoms with Gasteiger partial charge in [-0.15, -0.1) is 0 Å². The third-order valence-corrected chi connectivity index (χ3v) is 6.96. The van der Waals surface area contributed by atoms with Crippen molar-refractivity contribution in [2.45, 2.75) is 44.8 Å². The molecule has 5 rings (SSSR count). The smallest absolute Gasteiger partial charge is 0.0568 e. The number of aromatic amines is 1. The molecule has 1 unspecified atom stereocenters. The van der Waals surface area contributed by atoms with Gasteiger partial charge in [0.1, 0.15) is 0 Å². The van der Waals surface area contributed by atoms with Crippen molar-refractivity contribution in [3.8, 4) is 0 Å². The maximum absolute atomic E-state index is 10.3. The summed E-state index contributed by atoms with van der Waals surface area (Å²) in [7, 11) is 0. The van der Waals surface area contributed by atoms with Gasteiger partial charge in [0.2, 0.25) is 0 Å². The zero-order valence-corrected chi connectivity index (χ0v) is 13.8. The fraction of sp³-hybridized carbons (Fsp3) is 0.600. The molecule has 1 saturated heterocycles. The van der Waals surface area contributed by atoms with Crippen molar-refractivity contribution >= 4 is 10.9 Å². The number of aliphatic hydroxyl groups is 1. The molecule has 2 fully saturated rings. The summed E-state index contributed by atoms with van der Waals surface area (Å²) in [6.07, 6.45) is 4.50. The summed E-state index contributed by atoms with van der Waals surface area (Å²) in [5.74, 6) is 1.92. The number of hydrogen-bond donors (Lipinski definition) is 2. The third-order valence-electron chi connectivity index (χ3n) is 6.96. The molecule has 23 heavy (non-hydrogen) atoms. The molecule has 1 aliphatic carbocycles. The number of benzene rings is 1. The normalized spacial score (nSPS) is 37.2. The van der Waals surface area contributed by atoms with Crippen LogP contribution in [0, 0.1) is 17.8 Å². The Kier molecular flexibility index (Phi) is 3.11. The van der Waals surface area contributed by atoms with E-state index in [1.54, 1.807) is 5.56 Å². The minimum atomic E-state index is -0.0893. The van der Waals surface area contributed by atoms with Crippen LogP contribution in [0.2, 0.25) is 0 Å². The van der Waals surface area contributed by atoms with Crippen LogP contribution in [0.15, 0.2) is 24.3 Å². The largest absolute Gasteiger partial charge is 0.393 e. The van der Waals surface area contributed by atoms with Gasteiger partial charge >= 0.3 is 0 Å². The number of fused-ring (bicyclic) bond motifs is 6. The maximum atomic E-state index is 10.3. The first-order chi connectivity index (χ1) is 11.2. The first kappa shape index (κ1) is 14.1. The van der Waals surface area contributed by atoms with E-state index in [-0.39, 0.29) is 6.10 Å². The molecule has 0 spiro atoms. The zero-order valence-electron chi connectivity index (χ0n) is 13.8. The summed E-state index contributed by atoms with van der Waals surface area (Å²) < 4.78 is 0. The summed E-state index contributed by atoms with van der Waals surface area (Å²) in [6, 6.07) is 9.27. The number of piperidine rings is 1. The molecule has 3 heteroatoms. The van der Waals surface area contributed by atoms with Gasteiger partial charge in [-0.25, -0.2) is 0 Å². The lowest BCUT2D eigenvalue weighted by molar-refractivity contribution is -0.0492. The molecule has 2 aromatic rings. The van der Waals surface area contributed by atoms with Crippen LogP contribution in [0.3, 0.4) is 0 Å². The molecular formula is C20H26N2O. The van der Waals surface area contributed by atoms with Crippen molar-refractivity contribution in [2.24, 2.45) is 17.8 Å². The Balaban J connectivity index is 1.54. The SMILES string of the molecule is C[C@H]1[C@@H](O)CCC2CN3CCc4c([nH]c5ccccc45)[C@@H]3C[C@@H]21. The van der Waals surface area contributed by atoms with E-state index in [2.05, 4.69) is 41.1 Å². The number of H-pyrrole nitrogens is 1. The summed E-state index contributed by atoms with van der Waals surface area (Å²) in [5.41, 5.74) is 4.30. The van der Waals surface area contributed by atoms with Crippen LogP contribution in [0.5, 0.6) is 0 Å². The van der Waals surface area contributed by atoms with Crippen molar-refractivity contribution in [3.05, 3.63) is 35.5 Å². The molecule has 5 atom stereocenters. The van der Waals surface area contributed by atoms with Gasteiger partial charge in [0, 0.05) is 29.7 Å². The molecule has 0 bridgehead atoms. The third kappa shape index (κ3) is 2.03. The molecule has 3 aliphatic rings. The van der Waals surface area contributed by atoms with Gasteiger partial charge in [-0.05, 0) is 55.1 Å². The molecule has 1 saturated carbocycles. The Morgan fingerprint density at radius 2 is 2.09 bits per heavy atom. The van der Waals surface area contributed by atoms with Crippen LogP contribution in [0.25, 0.3) is 10.9 Å². The second-order valence-electron chi connectivity index (χ2n) is 7.99.